The number of anilines is 1. The summed E-state index contributed by atoms with van der Waals surface area (Å²) >= 11 is 1.56. The van der Waals surface area contributed by atoms with Crippen LogP contribution in [0.15, 0.2) is 24.7 Å². The van der Waals surface area contributed by atoms with Crippen LogP contribution in [0, 0.1) is 28.6 Å². The number of H-pyrrole nitrogens is 1. The number of rotatable bonds is 8. The molecule has 0 aromatic carbocycles. The van der Waals surface area contributed by atoms with Crippen LogP contribution in [0.25, 0.3) is 17.5 Å². The molecule has 3 rings (SSSR count). The Bertz CT molecular complexity index is 939. The van der Waals surface area contributed by atoms with Crippen molar-refractivity contribution in [2.24, 2.45) is 11.8 Å². The van der Waals surface area contributed by atoms with E-state index in [9.17, 15) is 14.0 Å². The molecule has 2 aromatic rings. The lowest BCUT2D eigenvalue weighted by atomic mass is 9.90. The summed E-state index contributed by atoms with van der Waals surface area (Å²) in [6, 6.07) is 4.20. The minimum atomic E-state index is -2.82. The third kappa shape index (κ3) is 5.61. The first-order valence-corrected chi connectivity index (χ1v) is 10.5. The summed E-state index contributed by atoms with van der Waals surface area (Å²) in [5.41, 5.74) is 0.435. The average Bonchev–Trinajstić information content (AvgIpc) is 3.25. The predicted molar refractivity (Wildman–Crippen MR) is 113 cm³/mol. The second-order valence-corrected chi connectivity index (χ2v) is 7.62. The number of nitriles is 1. The van der Waals surface area contributed by atoms with E-state index in [2.05, 4.69) is 35.6 Å². The number of nitrogens with one attached hydrogen (secondary N) is 3. The monoisotopic (exact) mass is 432 g/mol. The molecule has 0 radical (unpaired) electrons. The van der Waals surface area contributed by atoms with Crippen molar-refractivity contribution >= 4 is 29.6 Å². The maximum atomic E-state index is 12.4. The van der Waals surface area contributed by atoms with Gasteiger partial charge in [-0.15, -0.1) is 0 Å². The first-order chi connectivity index (χ1) is 14.5. The molecule has 1 aliphatic heterocycles. The molecule has 2 atom stereocenters. The van der Waals surface area contributed by atoms with Gasteiger partial charge in [-0.05, 0) is 30.7 Å². The largest absolute Gasteiger partial charge is 0.355 e. The zero-order chi connectivity index (χ0) is 21.5. The first-order valence-electron chi connectivity index (χ1n) is 9.32. The predicted octanol–water partition coefficient (Wildman–Crippen LogP) is 3.00. The van der Waals surface area contributed by atoms with Crippen molar-refractivity contribution in [3.8, 4) is 17.5 Å². The maximum Gasteiger partial charge on any atom is 0.279 e. The lowest BCUT2D eigenvalue weighted by Gasteiger charge is -2.36. The van der Waals surface area contributed by atoms with Gasteiger partial charge >= 0.3 is 0 Å². The van der Waals surface area contributed by atoms with Gasteiger partial charge in [0.1, 0.15) is 18.0 Å². The Morgan fingerprint density at radius 2 is 2.30 bits per heavy atom. The molecule has 11 heteroatoms. The van der Waals surface area contributed by atoms with E-state index in [0.29, 0.717) is 29.7 Å². The fraction of sp³-hybridized carbons (Fsp3) is 0.421. The second-order valence-electron chi connectivity index (χ2n) is 6.92. The molecule has 8 nitrogen and oxygen atoms in total. The fourth-order valence-corrected chi connectivity index (χ4v) is 3.70. The average molecular weight is 433 g/mol. The lowest BCUT2D eigenvalue weighted by Crippen LogP contribution is -2.43. The SMILES string of the molecule is CSNCC1CC(C#N)CN(c2cc(-c3cnc(/C=C\C(=N)C(F)F)[nH]3)ncn2)C1. The lowest BCUT2D eigenvalue weighted by molar-refractivity contribution is 0.226. The highest BCUT2D eigenvalue weighted by atomic mass is 32.2. The molecule has 1 saturated heterocycles. The van der Waals surface area contributed by atoms with Crippen LogP contribution in [0.3, 0.4) is 0 Å². The standard InChI is InChI=1S/C19H22F2N8S/c1-30-27-7-13-4-12(6-22)9-29(10-13)18-5-15(25-11-26-18)16-8-24-17(28-16)3-2-14(23)19(20)21/h2-3,5,8,11-13,19,23,27H,4,7,9-10H2,1H3,(H,24,28)/b3-2-,23-14?. The molecule has 0 amide bonds. The van der Waals surface area contributed by atoms with Gasteiger partial charge in [0, 0.05) is 25.7 Å². The molecule has 0 bridgehead atoms. The highest BCUT2D eigenvalue weighted by molar-refractivity contribution is 7.96. The molecule has 3 heterocycles. The molecule has 30 heavy (non-hydrogen) atoms. The van der Waals surface area contributed by atoms with E-state index in [1.54, 1.807) is 18.1 Å². The summed E-state index contributed by atoms with van der Waals surface area (Å²) in [5, 5.41) is 16.6. The number of imidazole rings is 1. The van der Waals surface area contributed by atoms with Crippen LogP contribution in [0.5, 0.6) is 0 Å². The van der Waals surface area contributed by atoms with Crippen molar-refractivity contribution in [2.75, 3.05) is 30.8 Å². The van der Waals surface area contributed by atoms with Crippen LogP contribution >= 0.6 is 11.9 Å². The third-order valence-electron chi connectivity index (χ3n) is 4.74. The quantitative estimate of drug-likeness (QED) is 0.434. The van der Waals surface area contributed by atoms with Crippen molar-refractivity contribution in [2.45, 2.75) is 12.8 Å². The molecule has 2 unspecified atom stereocenters. The van der Waals surface area contributed by atoms with E-state index < -0.39 is 12.1 Å². The summed E-state index contributed by atoms with van der Waals surface area (Å²) in [5.74, 6) is 1.34. The summed E-state index contributed by atoms with van der Waals surface area (Å²) in [7, 11) is 0. The molecule has 1 fully saturated rings. The first kappa shape index (κ1) is 21.9. The Morgan fingerprint density at radius 3 is 3.03 bits per heavy atom. The molecule has 0 saturated carbocycles. The van der Waals surface area contributed by atoms with Crippen molar-refractivity contribution in [1.29, 1.82) is 10.7 Å². The summed E-state index contributed by atoms with van der Waals surface area (Å²) < 4.78 is 28.1. The van der Waals surface area contributed by atoms with Gasteiger partial charge in [-0.2, -0.15) is 5.26 Å². The summed E-state index contributed by atoms with van der Waals surface area (Å²) in [6.07, 6.45) is 5.35. The number of aromatic amines is 1. The molecule has 0 spiro atoms. The third-order valence-corrected chi connectivity index (χ3v) is 5.20. The second kappa shape index (κ2) is 10.3. The number of nitrogens with zero attached hydrogens (tertiary/aromatic N) is 5. The minimum absolute atomic E-state index is 0.0696. The normalized spacial score (nSPS) is 19.4. The van der Waals surface area contributed by atoms with E-state index in [-0.39, 0.29) is 5.92 Å². The van der Waals surface area contributed by atoms with Gasteiger partial charge in [-0.3, -0.25) is 10.1 Å². The van der Waals surface area contributed by atoms with Crippen LogP contribution in [0.2, 0.25) is 0 Å². The molecular formula is C19H22F2N8S. The Morgan fingerprint density at radius 1 is 1.47 bits per heavy atom. The Labute approximate surface area is 177 Å². The minimum Gasteiger partial charge on any atom is -0.355 e. The van der Waals surface area contributed by atoms with E-state index >= 15 is 0 Å². The van der Waals surface area contributed by atoms with Crippen LogP contribution in [-0.2, 0) is 0 Å². The zero-order valence-electron chi connectivity index (χ0n) is 16.3. The molecule has 0 aliphatic carbocycles. The number of halogens is 2. The van der Waals surface area contributed by atoms with Gasteiger partial charge in [0.2, 0.25) is 0 Å². The topological polar surface area (TPSA) is 117 Å². The summed E-state index contributed by atoms with van der Waals surface area (Å²) in [6.45, 7) is 2.21. The van der Waals surface area contributed by atoms with E-state index in [1.165, 1.54) is 12.4 Å². The Kier molecular flexibility index (Phi) is 7.48. The van der Waals surface area contributed by atoms with Crippen LogP contribution in [0.1, 0.15) is 12.2 Å². The Hall–Kier alpha value is -2.84. The van der Waals surface area contributed by atoms with Crippen LogP contribution in [-0.4, -0.2) is 58.0 Å². The van der Waals surface area contributed by atoms with E-state index in [0.717, 1.165) is 31.4 Å². The number of alkyl halides is 2. The number of hydrogen-bond donors (Lipinski definition) is 3. The highest BCUT2D eigenvalue weighted by Crippen LogP contribution is 2.27. The van der Waals surface area contributed by atoms with Crippen molar-refractivity contribution in [1.82, 2.24) is 24.7 Å². The fourth-order valence-electron chi connectivity index (χ4n) is 3.29. The van der Waals surface area contributed by atoms with Gasteiger partial charge in [0.25, 0.3) is 6.43 Å². The van der Waals surface area contributed by atoms with Crippen molar-refractivity contribution < 1.29 is 8.78 Å². The highest BCUT2D eigenvalue weighted by Gasteiger charge is 2.28. The molecular weight excluding hydrogens is 410 g/mol. The molecule has 2 aromatic heterocycles. The number of piperidine rings is 1. The van der Waals surface area contributed by atoms with Crippen LogP contribution in [0.4, 0.5) is 14.6 Å². The van der Waals surface area contributed by atoms with Gasteiger partial charge in [0.05, 0.1) is 35.3 Å². The summed E-state index contributed by atoms with van der Waals surface area (Å²) in [4.78, 5) is 17.9. The van der Waals surface area contributed by atoms with Gasteiger partial charge in [-0.1, -0.05) is 11.9 Å². The number of aromatic nitrogens is 4. The van der Waals surface area contributed by atoms with E-state index in [4.69, 9.17) is 5.41 Å². The van der Waals surface area contributed by atoms with E-state index in [1.807, 2.05) is 12.3 Å². The number of hydrogen-bond acceptors (Lipinski definition) is 8. The van der Waals surface area contributed by atoms with Crippen molar-refractivity contribution in [3.05, 3.63) is 30.5 Å². The van der Waals surface area contributed by atoms with Gasteiger partial charge < -0.3 is 9.88 Å². The smallest absolute Gasteiger partial charge is 0.279 e. The molecule has 3 N–H and O–H groups in total. The zero-order valence-corrected chi connectivity index (χ0v) is 17.2. The van der Waals surface area contributed by atoms with Gasteiger partial charge in [0.15, 0.2) is 0 Å². The Balaban J connectivity index is 1.76. The van der Waals surface area contributed by atoms with Crippen LogP contribution < -0.4 is 9.62 Å². The van der Waals surface area contributed by atoms with Gasteiger partial charge in [-0.25, -0.2) is 23.7 Å². The maximum absolute atomic E-state index is 12.4. The molecule has 158 valence electrons. The molecule has 1 aliphatic rings. The number of allylic oxidation sites excluding steroid dienone is 1. The van der Waals surface area contributed by atoms with Crippen molar-refractivity contribution in [3.63, 3.8) is 0 Å².